The van der Waals surface area contributed by atoms with Crippen molar-refractivity contribution in [3.63, 3.8) is 0 Å². The number of imide groups is 1. The summed E-state index contributed by atoms with van der Waals surface area (Å²) < 4.78 is 1.89. The number of thioether (sulfide) groups is 1. The zero-order valence-corrected chi connectivity index (χ0v) is 17.8. The van der Waals surface area contributed by atoms with Gasteiger partial charge in [-0.25, -0.2) is 4.90 Å². The molecule has 2 aromatic carbocycles. The van der Waals surface area contributed by atoms with Crippen LogP contribution in [0, 0.1) is 6.92 Å². The number of para-hydroxylation sites is 1. The second kappa shape index (κ2) is 7.74. The number of benzene rings is 2. The van der Waals surface area contributed by atoms with Crippen molar-refractivity contribution < 1.29 is 14.4 Å². The van der Waals surface area contributed by atoms with Crippen LogP contribution in [0.1, 0.15) is 24.0 Å². The lowest BCUT2D eigenvalue weighted by molar-refractivity contribution is -0.121. The highest BCUT2D eigenvalue weighted by Crippen LogP contribution is 2.37. The van der Waals surface area contributed by atoms with Crippen LogP contribution in [0.4, 0.5) is 10.5 Å². The third kappa shape index (κ3) is 3.88. The van der Waals surface area contributed by atoms with Gasteiger partial charge in [0.25, 0.3) is 11.1 Å². The standard InChI is InChI=1S/C24H21N3O3S/c1-15-6-10-18(11-7-15)27-23(29)21(31-24(27)30)12-16-13-26(14-22(28)25-17-8-9-17)20-5-3-2-4-19(16)20/h2-7,10-13,17H,8-9,14H2,1H3,(H,25,28)/b21-12-. The molecule has 3 amide bonds. The summed E-state index contributed by atoms with van der Waals surface area (Å²) in [4.78, 5) is 39.5. The Morgan fingerprint density at radius 1 is 1.13 bits per heavy atom. The third-order valence-electron chi connectivity index (χ3n) is 5.45. The van der Waals surface area contributed by atoms with Crippen LogP contribution in [-0.4, -0.2) is 27.7 Å². The molecule has 1 N–H and O–H groups in total. The van der Waals surface area contributed by atoms with Crippen LogP contribution < -0.4 is 10.2 Å². The van der Waals surface area contributed by atoms with Gasteiger partial charge in [-0.3, -0.25) is 14.4 Å². The predicted octanol–water partition coefficient (Wildman–Crippen LogP) is 4.47. The van der Waals surface area contributed by atoms with Crippen LogP contribution in [0.2, 0.25) is 0 Å². The van der Waals surface area contributed by atoms with Crippen molar-refractivity contribution in [3.8, 4) is 0 Å². The Balaban J connectivity index is 1.46. The van der Waals surface area contributed by atoms with Crippen LogP contribution in [-0.2, 0) is 16.1 Å². The van der Waals surface area contributed by atoms with E-state index in [1.165, 1.54) is 4.90 Å². The molecule has 1 aliphatic carbocycles. The minimum Gasteiger partial charge on any atom is -0.352 e. The summed E-state index contributed by atoms with van der Waals surface area (Å²) in [6.45, 7) is 2.17. The van der Waals surface area contributed by atoms with E-state index in [2.05, 4.69) is 5.32 Å². The molecule has 0 bridgehead atoms. The minimum absolute atomic E-state index is 0.0190. The zero-order chi connectivity index (χ0) is 21.5. The van der Waals surface area contributed by atoms with Gasteiger partial charge in [0.05, 0.1) is 10.6 Å². The number of fused-ring (bicyclic) bond motifs is 1. The third-order valence-corrected chi connectivity index (χ3v) is 6.32. The number of nitrogens with zero attached hydrogens (tertiary/aromatic N) is 2. The Morgan fingerprint density at radius 3 is 2.61 bits per heavy atom. The average Bonchev–Trinajstić information content (AvgIpc) is 3.44. The molecule has 1 aromatic heterocycles. The molecule has 3 aromatic rings. The number of aromatic nitrogens is 1. The Hall–Kier alpha value is -3.32. The van der Waals surface area contributed by atoms with E-state index in [1.807, 2.05) is 54.1 Å². The highest BCUT2D eigenvalue weighted by molar-refractivity contribution is 8.19. The van der Waals surface area contributed by atoms with E-state index >= 15 is 0 Å². The predicted molar refractivity (Wildman–Crippen MR) is 123 cm³/mol. The van der Waals surface area contributed by atoms with Crippen molar-refractivity contribution in [1.82, 2.24) is 9.88 Å². The quantitative estimate of drug-likeness (QED) is 0.605. The van der Waals surface area contributed by atoms with E-state index in [9.17, 15) is 14.4 Å². The van der Waals surface area contributed by atoms with E-state index < -0.39 is 0 Å². The summed E-state index contributed by atoms with van der Waals surface area (Å²) in [6, 6.07) is 15.4. The molecule has 1 saturated carbocycles. The fourth-order valence-corrected chi connectivity index (χ4v) is 4.53. The SMILES string of the molecule is Cc1ccc(N2C(=O)S/C(=C\c3cn(CC(=O)NC4CC4)c4ccccc34)C2=O)cc1. The summed E-state index contributed by atoms with van der Waals surface area (Å²) >= 11 is 0.934. The van der Waals surface area contributed by atoms with Crippen molar-refractivity contribution in [1.29, 1.82) is 0 Å². The van der Waals surface area contributed by atoms with Crippen LogP contribution in [0.25, 0.3) is 17.0 Å². The van der Waals surface area contributed by atoms with E-state index in [-0.39, 0.29) is 23.6 Å². The van der Waals surface area contributed by atoms with Gasteiger partial charge in [-0.05, 0) is 55.8 Å². The van der Waals surface area contributed by atoms with E-state index in [1.54, 1.807) is 18.2 Å². The highest BCUT2D eigenvalue weighted by Gasteiger charge is 2.36. The molecule has 1 aliphatic heterocycles. The van der Waals surface area contributed by atoms with Crippen molar-refractivity contribution in [2.45, 2.75) is 32.4 Å². The molecule has 156 valence electrons. The van der Waals surface area contributed by atoms with Crippen LogP contribution in [0.15, 0.2) is 59.6 Å². The number of carbonyl (C=O) groups excluding carboxylic acids is 3. The van der Waals surface area contributed by atoms with E-state index in [4.69, 9.17) is 0 Å². The lowest BCUT2D eigenvalue weighted by atomic mass is 10.1. The molecule has 2 aliphatic rings. The monoisotopic (exact) mass is 431 g/mol. The van der Waals surface area contributed by atoms with Crippen LogP contribution in [0.5, 0.6) is 0 Å². The average molecular weight is 432 g/mol. The first-order valence-corrected chi connectivity index (χ1v) is 11.0. The van der Waals surface area contributed by atoms with Gasteiger partial charge in [0.2, 0.25) is 5.91 Å². The number of hydrogen-bond acceptors (Lipinski definition) is 4. The Kier molecular flexibility index (Phi) is 4.90. The number of nitrogens with one attached hydrogen (secondary N) is 1. The van der Waals surface area contributed by atoms with Crippen LogP contribution >= 0.6 is 11.8 Å². The van der Waals surface area contributed by atoms with E-state index in [0.717, 1.165) is 46.6 Å². The lowest BCUT2D eigenvalue weighted by Gasteiger charge is -2.12. The second-order valence-electron chi connectivity index (χ2n) is 7.92. The maximum atomic E-state index is 13.0. The minimum atomic E-state index is -0.331. The molecular formula is C24H21N3O3S. The molecule has 0 atom stereocenters. The maximum Gasteiger partial charge on any atom is 0.298 e. The van der Waals surface area contributed by atoms with Gasteiger partial charge in [0, 0.05) is 28.7 Å². The van der Waals surface area contributed by atoms with Crippen molar-refractivity contribution >= 4 is 51.5 Å². The van der Waals surface area contributed by atoms with Gasteiger partial charge in [-0.2, -0.15) is 0 Å². The van der Waals surface area contributed by atoms with Crippen molar-refractivity contribution in [3.05, 3.63) is 70.8 Å². The highest BCUT2D eigenvalue weighted by atomic mass is 32.2. The van der Waals surface area contributed by atoms with E-state index in [0.29, 0.717) is 16.6 Å². The molecule has 5 rings (SSSR count). The topological polar surface area (TPSA) is 71.4 Å². The lowest BCUT2D eigenvalue weighted by Crippen LogP contribution is -2.29. The first-order valence-electron chi connectivity index (χ1n) is 10.2. The summed E-state index contributed by atoms with van der Waals surface area (Å²) in [7, 11) is 0. The number of hydrogen-bond donors (Lipinski definition) is 1. The molecular weight excluding hydrogens is 410 g/mol. The van der Waals surface area contributed by atoms with Crippen molar-refractivity contribution in [2.75, 3.05) is 4.90 Å². The Labute approximate surface area is 183 Å². The molecule has 0 radical (unpaired) electrons. The van der Waals surface area contributed by atoms with Gasteiger partial charge < -0.3 is 9.88 Å². The number of rotatable bonds is 5. The number of anilines is 1. The molecule has 6 nitrogen and oxygen atoms in total. The summed E-state index contributed by atoms with van der Waals surface area (Å²) in [6.07, 6.45) is 5.70. The van der Waals surface area contributed by atoms with Gasteiger partial charge >= 0.3 is 0 Å². The van der Waals surface area contributed by atoms with Gasteiger partial charge in [-0.1, -0.05) is 35.9 Å². The molecule has 7 heteroatoms. The fraction of sp³-hybridized carbons (Fsp3) is 0.208. The molecule has 31 heavy (non-hydrogen) atoms. The van der Waals surface area contributed by atoms with Crippen molar-refractivity contribution in [2.24, 2.45) is 0 Å². The maximum absolute atomic E-state index is 13.0. The number of aryl methyl sites for hydroxylation is 1. The largest absolute Gasteiger partial charge is 0.352 e. The molecule has 2 fully saturated rings. The first-order chi connectivity index (χ1) is 15.0. The van der Waals surface area contributed by atoms with Gasteiger partial charge in [0.15, 0.2) is 0 Å². The first kappa shape index (κ1) is 19.6. The fourth-order valence-electron chi connectivity index (χ4n) is 3.70. The number of carbonyl (C=O) groups is 3. The molecule has 0 unspecified atom stereocenters. The summed E-state index contributed by atoms with van der Waals surface area (Å²) in [5, 5.41) is 3.63. The molecule has 2 heterocycles. The molecule has 0 spiro atoms. The van der Waals surface area contributed by atoms with Gasteiger partial charge in [0.1, 0.15) is 6.54 Å². The zero-order valence-electron chi connectivity index (χ0n) is 17.0. The smallest absolute Gasteiger partial charge is 0.298 e. The number of amides is 3. The Bertz CT molecular complexity index is 1240. The van der Waals surface area contributed by atoms with Crippen LogP contribution in [0.3, 0.4) is 0 Å². The molecule has 1 saturated heterocycles. The summed E-state index contributed by atoms with van der Waals surface area (Å²) in [5.74, 6) is -0.350. The normalized spacial score (nSPS) is 17.7. The Morgan fingerprint density at radius 2 is 1.87 bits per heavy atom. The second-order valence-corrected chi connectivity index (χ2v) is 8.92. The summed E-state index contributed by atoms with van der Waals surface area (Å²) in [5.41, 5.74) is 3.35. The van der Waals surface area contributed by atoms with Gasteiger partial charge in [-0.15, -0.1) is 0 Å².